The van der Waals surface area contributed by atoms with Gasteiger partial charge in [-0.15, -0.1) is 0 Å². The smallest absolute Gasteiger partial charge is 0.277 e. The lowest BCUT2D eigenvalue weighted by molar-refractivity contribution is -0.123. The van der Waals surface area contributed by atoms with Gasteiger partial charge in [-0.2, -0.15) is 5.10 Å². The molecule has 27 heavy (non-hydrogen) atoms. The molecule has 3 aromatic rings. The maximum atomic E-state index is 13.5. The second kappa shape index (κ2) is 9.29. The largest absolute Gasteiger partial charge is 0.483 e. The van der Waals surface area contributed by atoms with Crippen molar-refractivity contribution < 1.29 is 13.9 Å². The van der Waals surface area contributed by atoms with Crippen molar-refractivity contribution in [2.24, 2.45) is 5.10 Å². The lowest BCUT2D eigenvalue weighted by Gasteiger charge is -2.11. The number of hydrogen-bond donors (Lipinski definition) is 1. The molecule has 136 valence electrons. The van der Waals surface area contributed by atoms with E-state index in [1.807, 2.05) is 54.6 Å². The maximum absolute atomic E-state index is 13.5. The van der Waals surface area contributed by atoms with E-state index in [0.29, 0.717) is 17.7 Å². The van der Waals surface area contributed by atoms with Crippen molar-refractivity contribution in [3.05, 3.63) is 101 Å². The van der Waals surface area contributed by atoms with Gasteiger partial charge in [-0.25, -0.2) is 9.82 Å². The van der Waals surface area contributed by atoms with Crippen molar-refractivity contribution >= 4 is 12.1 Å². The van der Waals surface area contributed by atoms with Crippen LogP contribution in [0.5, 0.6) is 5.75 Å². The molecule has 0 radical (unpaired) electrons. The number of nitrogens with zero attached hydrogens (tertiary/aromatic N) is 1. The summed E-state index contributed by atoms with van der Waals surface area (Å²) in [5, 5.41) is 3.76. The molecule has 0 saturated carbocycles. The zero-order valence-corrected chi connectivity index (χ0v) is 14.6. The van der Waals surface area contributed by atoms with Crippen LogP contribution in [0.4, 0.5) is 4.39 Å². The molecule has 0 bridgehead atoms. The highest BCUT2D eigenvalue weighted by Crippen LogP contribution is 2.21. The van der Waals surface area contributed by atoms with E-state index in [2.05, 4.69) is 10.5 Å². The van der Waals surface area contributed by atoms with Crippen LogP contribution in [0.2, 0.25) is 0 Å². The third-order valence-corrected chi connectivity index (χ3v) is 3.87. The minimum atomic E-state index is -0.419. The number of ether oxygens (including phenoxy) is 1. The summed E-state index contributed by atoms with van der Waals surface area (Å²) in [6, 6.07) is 23.8. The van der Waals surface area contributed by atoms with Gasteiger partial charge < -0.3 is 4.74 Å². The van der Waals surface area contributed by atoms with E-state index in [-0.39, 0.29) is 6.61 Å². The Hall–Kier alpha value is -3.47. The zero-order valence-electron chi connectivity index (χ0n) is 14.6. The Morgan fingerprint density at radius 2 is 1.67 bits per heavy atom. The molecule has 1 amide bonds. The molecule has 3 aromatic carbocycles. The maximum Gasteiger partial charge on any atom is 0.277 e. The molecule has 3 rings (SSSR count). The average Bonchev–Trinajstić information content (AvgIpc) is 2.70. The zero-order chi connectivity index (χ0) is 18.9. The van der Waals surface area contributed by atoms with Crippen LogP contribution in [0, 0.1) is 5.82 Å². The molecule has 0 unspecified atom stereocenters. The summed E-state index contributed by atoms with van der Waals surface area (Å²) in [5.41, 5.74) is 4.79. The summed E-state index contributed by atoms with van der Waals surface area (Å²) < 4.78 is 19.1. The fourth-order valence-corrected chi connectivity index (χ4v) is 2.54. The number of rotatable bonds is 7. The number of hydrogen-bond acceptors (Lipinski definition) is 3. The Balaban J connectivity index is 1.55. The van der Waals surface area contributed by atoms with Crippen molar-refractivity contribution in [1.29, 1.82) is 0 Å². The van der Waals surface area contributed by atoms with Crippen molar-refractivity contribution in [1.82, 2.24) is 5.43 Å². The third kappa shape index (κ3) is 5.51. The highest BCUT2D eigenvalue weighted by atomic mass is 19.1. The Morgan fingerprint density at radius 3 is 2.48 bits per heavy atom. The minimum absolute atomic E-state index is 0.180. The Kier molecular flexibility index (Phi) is 6.30. The van der Waals surface area contributed by atoms with Crippen LogP contribution in [0.15, 0.2) is 84.0 Å². The van der Waals surface area contributed by atoms with Gasteiger partial charge in [0.15, 0.2) is 6.61 Å². The van der Waals surface area contributed by atoms with Crippen LogP contribution in [0.3, 0.4) is 0 Å². The first kappa shape index (κ1) is 18.3. The molecular weight excluding hydrogens is 343 g/mol. The first-order valence-corrected chi connectivity index (χ1v) is 8.53. The predicted octanol–water partition coefficient (Wildman–Crippen LogP) is 3.95. The number of nitrogens with one attached hydrogen (secondary N) is 1. The molecular formula is C22H19FN2O2. The van der Waals surface area contributed by atoms with E-state index in [4.69, 9.17) is 4.74 Å². The number of carbonyl (C=O) groups is 1. The average molecular weight is 362 g/mol. The molecule has 0 aliphatic carbocycles. The van der Waals surface area contributed by atoms with Crippen LogP contribution in [-0.2, 0) is 11.2 Å². The van der Waals surface area contributed by atoms with Gasteiger partial charge in [0, 0.05) is 12.0 Å². The van der Waals surface area contributed by atoms with Crippen molar-refractivity contribution in [3.63, 3.8) is 0 Å². The summed E-state index contributed by atoms with van der Waals surface area (Å²) in [6.45, 7) is -0.180. The molecule has 1 N–H and O–H groups in total. The highest BCUT2D eigenvalue weighted by Gasteiger charge is 2.07. The van der Waals surface area contributed by atoms with E-state index in [9.17, 15) is 9.18 Å². The highest BCUT2D eigenvalue weighted by molar-refractivity contribution is 5.83. The molecule has 0 aromatic heterocycles. The normalized spacial score (nSPS) is 10.7. The fourth-order valence-electron chi connectivity index (χ4n) is 2.54. The summed E-state index contributed by atoms with van der Waals surface area (Å²) >= 11 is 0. The number of benzene rings is 3. The summed E-state index contributed by atoms with van der Waals surface area (Å²) in [5.74, 6) is -0.173. The topological polar surface area (TPSA) is 50.7 Å². The number of hydrazone groups is 1. The predicted molar refractivity (Wildman–Crippen MR) is 103 cm³/mol. The molecule has 0 aliphatic heterocycles. The van der Waals surface area contributed by atoms with Crippen LogP contribution in [0.1, 0.15) is 16.7 Å². The van der Waals surface area contributed by atoms with Crippen molar-refractivity contribution in [2.75, 3.05) is 6.61 Å². The molecule has 4 nitrogen and oxygen atoms in total. The monoisotopic (exact) mass is 362 g/mol. The number of para-hydroxylation sites is 1. The molecule has 0 aliphatic rings. The fraction of sp³-hybridized carbons (Fsp3) is 0.0909. The first-order valence-electron chi connectivity index (χ1n) is 8.53. The Bertz CT molecular complexity index is 926. The first-order chi connectivity index (χ1) is 13.2. The van der Waals surface area contributed by atoms with Gasteiger partial charge in [-0.05, 0) is 23.3 Å². The van der Waals surface area contributed by atoms with Crippen LogP contribution < -0.4 is 10.2 Å². The van der Waals surface area contributed by atoms with Gasteiger partial charge in [0.25, 0.3) is 5.91 Å². The van der Waals surface area contributed by atoms with E-state index >= 15 is 0 Å². The van der Waals surface area contributed by atoms with Crippen molar-refractivity contribution in [3.8, 4) is 5.75 Å². The summed E-state index contributed by atoms with van der Waals surface area (Å²) in [4.78, 5) is 11.9. The Labute approximate surface area is 157 Å². The summed E-state index contributed by atoms with van der Waals surface area (Å²) in [6.07, 6.45) is 1.97. The molecule has 5 heteroatoms. The number of halogens is 1. The van der Waals surface area contributed by atoms with E-state index in [0.717, 1.165) is 11.1 Å². The SMILES string of the molecule is O=C(COc1ccccc1Cc1ccccc1)N/N=C\c1ccccc1F. The molecule has 0 saturated heterocycles. The molecule has 0 atom stereocenters. The minimum Gasteiger partial charge on any atom is -0.483 e. The third-order valence-electron chi connectivity index (χ3n) is 3.87. The van der Waals surface area contributed by atoms with Crippen LogP contribution >= 0.6 is 0 Å². The van der Waals surface area contributed by atoms with E-state index < -0.39 is 11.7 Å². The number of carbonyl (C=O) groups excluding carboxylic acids is 1. The van der Waals surface area contributed by atoms with Gasteiger partial charge in [0.1, 0.15) is 11.6 Å². The second-order valence-corrected chi connectivity index (χ2v) is 5.87. The van der Waals surface area contributed by atoms with Gasteiger partial charge in [-0.3, -0.25) is 4.79 Å². The van der Waals surface area contributed by atoms with Crippen molar-refractivity contribution in [2.45, 2.75) is 6.42 Å². The lowest BCUT2D eigenvalue weighted by Crippen LogP contribution is -2.24. The lowest BCUT2D eigenvalue weighted by atomic mass is 10.0. The molecule has 0 fully saturated rings. The summed E-state index contributed by atoms with van der Waals surface area (Å²) in [7, 11) is 0. The Morgan fingerprint density at radius 1 is 0.963 bits per heavy atom. The second-order valence-electron chi connectivity index (χ2n) is 5.87. The number of amides is 1. The van der Waals surface area contributed by atoms with Gasteiger partial charge in [0.2, 0.25) is 0 Å². The molecule has 0 heterocycles. The quantitative estimate of drug-likeness (QED) is 0.511. The van der Waals surface area contributed by atoms with Gasteiger partial charge >= 0.3 is 0 Å². The van der Waals surface area contributed by atoms with E-state index in [1.165, 1.54) is 12.3 Å². The van der Waals surface area contributed by atoms with E-state index in [1.54, 1.807) is 18.2 Å². The van der Waals surface area contributed by atoms with Gasteiger partial charge in [0.05, 0.1) is 6.21 Å². The van der Waals surface area contributed by atoms with Crippen LogP contribution in [-0.4, -0.2) is 18.7 Å². The van der Waals surface area contributed by atoms with Crippen LogP contribution in [0.25, 0.3) is 0 Å². The van der Waals surface area contributed by atoms with Gasteiger partial charge in [-0.1, -0.05) is 66.7 Å². The molecule has 0 spiro atoms. The standard InChI is InChI=1S/C22H19FN2O2/c23-20-12-6-4-11-19(20)15-24-25-22(26)16-27-21-13-7-5-10-18(21)14-17-8-2-1-3-9-17/h1-13,15H,14,16H2,(H,25,26)/b24-15-.